The number of nitrogens with one attached hydrogen (secondary N) is 1. The summed E-state index contributed by atoms with van der Waals surface area (Å²) in [4.78, 5) is 14.4. The van der Waals surface area contributed by atoms with Crippen LogP contribution in [0.4, 0.5) is 4.39 Å². The summed E-state index contributed by atoms with van der Waals surface area (Å²) in [6.45, 7) is 6.70. The third-order valence-electron chi connectivity index (χ3n) is 3.57. The van der Waals surface area contributed by atoms with Crippen LogP contribution in [0, 0.1) is 11.7 Å². The Morgan fingerprint density at radius 3 is 2.65 bits per heavy atom. The van der Waals surface area contributed by atoms with Crippen molar-refractivity contribution in [2.75, 3.05) is 19.6 Å². The quantitative estimate of drug-likeness (QED) is 0.898. The minimum absolute atomic E-state index is 0.00704. The summed E-state index contributed by atoms with van der Waals surface area (Å²) in [5.41, 5.74) is 0.560. The van der Waals surface area contributed by atoms with Crippen LogP contribution in [0.25, 0.3) is 0 Å². The number of hydrogen-bond acceptors (Lipinski definition) is 2. The summed E-state index contributed by atoms with van der Waals surface area (Å²) in [5.74, 6) is 0.0996. The summed E-state index contributed by atoms with van der Waals surface area (Å²) in [7, 11) is 0. The van der Waals surface area contributed by atoms with Crippen LogP contribution in [0.15, 0.2) is 24.3 Å². The Kier molecular flexibility index (Phi) is 5.12. The van der Waals surface area contributed by atoms with Crippen LogP contribution in [-0.2, 0) is 0 Å². The zero-order valence-corrected chi connectivity index (χ0v) is 12.2. The molecule has 0 saturated carbocycles. The number of benzene rings is 1. The topological polar surface area (TPSA) is 32.3 Å². The van der Waals surface area contributed by atoms with Crippen LogP contribution in [0.2, 0.25) is 0 Å². The summed E-state index contributed by atoms with van der Waals surface area (Å²) < 4.78 is 13.0. The lowest BCUT2D eigenvalue weighted by Gasteiger charge is -2.27. The lowest BCUT2D eigenvalue weighted by Crippen LogP contribution is -2.42. The standard InChI is InChI=1S/C16H23FN2O/c1-12(2)10-19(11-15-4-3-9-18-15)16(20)13-5-7-14(17)8-6-13/h5-8,12,15,18H,3-4,9-11H2,1-2H3. The fourth-order valence-corrected chi connectivity index (χ4v) is 2.63. The van der Waals surface area contributed by atoms with Gasteiger partial charge in [0.2, 0.25) is 0 Å². The van der Waals surface area contributed by atoms with Gasteiger partial charge >= 0.3 is 0 Å². The van der Waals surface area contributed by atoms with E-state index in [0.717, 1.165) is 26.1 Å². The lowest BCUT2D eigenvalue weighted by atomic mass is 10.1. The maximum atomic E-state index is 13.0. The Bertz CT molecular complexity index is 438. The van der Waals surface area contributed by atoms with Gasteiger partial charge in [0.15, 0.2) is 0 Å². The monoisotopic (exact) mass is 278 g/mol. The summed E-state index contributed by atoms with van der Waals surface area (Å²) in [6, 6.07) is 6.20. The number of halogens is 1. The molecule has 4 heteroatoms. The van der Waals surface area contributed by atoms with E-state index in [9.17, 15) is 9.18 Å². The molecule has 1 fully saturated rings. The van der Waals surface area contributed by atoms with E-state index in [1.54, 1.807) is 12.1 Å². The van der Waals surface area contributed by atoms with Gasteiger partial charge in [-0.1, -0.05) is 13.8 Å². The Hall–Kier alpha value is -1.42. The molecule has 1 heterocycles. The first-order valence-electron chi connectivity index (χ1n) is 7.34. The largest absolute Gasteiger partial charge is 0.337 e. The molecule has 1 aliphatic rings. The van der Waals surface area contributed by atoms with Gasteiger partial charge < -0.3 is 10.2 Å². The fraction of sp³-hybridized carbons (Fsp3) is 0.562. The van der Waals surface area contributed by atoms with Gasteiger partial charge in [-0.25, -0.2) is 4.39 Å². The second-order valence-corrected chi connectivity index (χ2v) is 5.90. The average Bonchev–Trinajstić information content (AvgIpc) is 2.90. The molecule has 1 aliphatic heterocycles. The number of rotatable bonds is 5. The van der Waals surface area contributed by atoms with E-state index in [2.05, 4.69) is 19.2 Å². The van der Waals surface area contributed by atoms with Crippen LogP contribution < -0.4 is 5.32 Å². The van der Waals surface area contributed by atoms with E-state index in [4.69, 9.17) is 0 Å². The molecule has 1 unspecified atom stereocenters. The smallest absolute Gasteiger partial charge is 0.253 e. The van der Waals surface area contributed by atoms with E-state index in [1.807, 2.05) is 4.90 Å². The van der Waals surface area contributed by atoms with E-state index < -0.39 is 0 Å². The molecule has 0 bridgehead atoms. The number of hydrogen-bond donors (Lipinski definition) is 1. The Morgan fingerprint density at radius 1 is 1.40 bits per heavy atom. The maximum Gasteiger partial charge on any atom is 0.253 e. The second kappa shape index (κ2) is 6.84. The highest BCUT2D eigenvalue weighted by molar-refractivity contribution is 5.94. The fourth-order valence-electron chi connectivity index (χ4n) is 2.63. The molecule has 3 nitrogen and oxygen atoms in total. The lowest BCUT2D eigenvalue weighted by molar-refractivity contribution is 0.0721. The average molecular weight is 278 g/mol. The van der Waals surface area contributed by atoms with Gasteiger partial charge in [-0.3, -0.25) is 4.79 Å². The summed E-state index contributed by atoms with van der Waals surface area (Å²) >= 11 is 0. The van der Waals surface area contributed by atoms with Crippen LogP contribution >= 0.6 is 0 Å². The van der Waals surface area contributed by atoms with Crippen molar-refractivity contribution in [1.82, 2.24) is 10.2 Å². The first-order valence-corrected chi connectivity index (χ1v) is 7.34. The van der Waals surface area contributed by atoms with Crippen molar-refractivity contribution in [2.24, 2.45) is 5.92 Å². The van der Waals surface area contributed by atoms with Crippen molar-refractivity contribution in [3.63, 3.8) is 0 Å². The van der Waals surface area contributed by atoms with E-state index in [-0.39, 0.29) is 11.7 Å². The number of nitrogens with zero attached hydrogens (tertiary/aromatic N) is 1. The summed E-state index contributed by atoms with van der Waals surface area (Å²) in [6.07, 6.45) is 2.29. The van der Waals surface area contributed by atoms with Gasteiger partial charge in [-0.2, -0.15) is 0 Å². The molecule has 1 aromatic rings. The first-order chi connectivity index (χ1) is 9.56. The van der Waals surface area contributed by atoms with Crippen molar-refractivity contribution in [3.05, 3.63) is 35.6 Å². The molecular formula is C16H23FN2O. The highest BCUT2D eigenvalue weighted by Crippen LogP contribution is 2.13. The molecule has 1 amide bonds. The molecular weight excluding hydrogens is 255 g/mol. The predicted molar refractivity (Wildman–Crippen MR) is 78.2 cm³/mol. The van der Waals surface area contributed by atoms with E-state index in [0.29, 0.717) is 17.5 Å². The number of carbonyl (C=O) groups excluding carboxylic acids is 1. The van der Waals surface area contributed by atoms with Gasteiger partial charge in [0, 0.05) is 24.7 Å². The highest BCUT2D eigenvalue weighted by Gasteiger charge is 2.23. The molecule has 1 saturated heterocycles. The molecule has 1 N–H and O–H groups in total. The summed E-state index contributed by atoms with van der Waals surface area (Å²) in [5, 5.41) is 3.42. The van der Waals surface area contributed by atoms with Gasteiger partial charge in [0.05, 0.1) is 0 Å². The van der Waals surface area contributed by atoms with Gasteiger partial charge in [-0.05, 0) is 49.6 Å². The van der Waals surface area contributed by atoms with Crippen molar-refractivity contribution in [1.29, 1.82) is 0 Å². The minimum Gasteiger partial charge on any atom is -0.337 e. The molecule has 0 aromatic heterocycles. The van der Waals surface area contributed by atoms with Crippen LogP contribution in [0.1, 0.15) is 37.0 Å². The molecule has 2 rings (SSSR count). The molecule has 110 valence electrons. The molecule has 20 heavy (non-hydrogen) atoms. The zero-order chi connectivity index (χ0) is 14.5. The van der Waals surface area contributed by atoms with Crippen molar-refractivity contribution in [3.8, 4) is 0 Å². The van der Waals surface area contributed by atoms with Gasteiger partial charge in [0.1, 0.15) is 5.82 Å². The maximum absolute atomic E-state index is 13.0. The highest BCUT2D eigenvalue weighted by atomic mass is 19.1. The zero-order valence-electron chi connectivity index (χ0n) is 12.2. The van der Waals surface area contributed by atoms with Gasteiger partial charge in [-0.15, -0.1) is 0 Å². The molecule has 1 aromatic carbocycles. The first kappa shape index (κ1) is 15.0. The van der Waals surface area contributed by atoms with Crippen LogP contribution in [0.3, 0.4) is 0 Å². The minimum atomic E-state index is -0.311. The van der Waals surface area contributed by atoms with Crippen molar-refractivity contribution >= 4 is 5.91 Å². The van der Waals surface area contributed by atoms with Crippen molar-refractivity contribution < 1.29 is 9.18 Å². The van der Waals surface area contributed by atoms with E-state index in [1.165, 1.54) is 18.6 Å². The third-order valence-corrected chi connectivity index (χ3v) is 3.57. The van der Waals surface area contributed by atoms with Crippen molar-refractivity contribution in [2.45, 2.75) is 32.7 Å². The molecule has 0 spiro atoms. The number of carbonyl (C=O) groups is 1. The predicted octanol–water partition coefficient (Wildman–Crippen LogP) is 2.68. The third kappa shape index (κ3) is 4.04. The van der Waals surface area contributed by atoms with Gasteiger partial charge in [0.25, 0.3) is 5.91 Å². The molecule has 1 atom stereocenters. The second-order valence-electron chi connectivity index (χ2n) is 5.90. The normalized spacial score (nSPS) is 18.5. The Balaban J connectivity index is 2.07. The SMILES string of the molecule is CC(C)CN(CC1CCCN1)C(=O)c1ccc(F)cc1. The Labute approximate surface area is 120 Å². The van der Waals surface area contributed by atoms with E-state index >= 15 is 0 Å². The molecule has 0 aliphatic carbocycles. The van der Waals surface area contributed by atoms with Crippen LogP contribution in [-0.4, -0.2) is 36.5 Å². The number of amides is 1. The molecule has 0 radical (unpaired) electrons. The van der Waals surface area contributed by atoms with Crippen LogP contribution in [0.5, 0.6) is 0 Å². The Morgan fingerprint density at radius 2 is 2.10 bits per heavy atom.